The van der Waals surface area contributed by atoms with Crippen molar-refractivity contribution in [2.75, 3.05) is 26.2 Å². The maximum absolute atomic E-state index is 11.8. The average molecular weight is 257 g/mol. The molecule has 4 amide bonds. The van der Waals surface area contributed by atoms with E-state index >= 15 is 0 Å². The summed E-state index contributed by atoms with van der Waals surface area (Å²) in [6.07, 6.45) is -0.167. The number of nitrogens with one attached hydrogen (secondary N) is 1. The molecule has 1 rings (SSSR count). The van der Waals surface area contributed by atoms with Crippen molar-refractivity contribution >= 4 is 23.8 Å². The van der Waals surface area contributed by atoms with E-state index in [0.29, 0.717) is 6.54 Å². The van der Waals surface area contributed by atoms with Crippen LogP contribution in [0.25, 0.3) is 0 Å². The van der Waals surface area contributed by atoms with E-state index in [4.69, 9.17) is 5.11 Å². The van der Waals surface area contributed by atoms with E-state index in [1.807, 2.05) is 0 Å². The first kappa shape index (κ1) is 13.9. The highest BCUT2D eigenvalue weighted by Crippen LogP contribution is 2.01. The number of carboxylic acids is 1. The molecule has 1 heterocycles. The van der Waals surface area contributed by atoms with Crippen LogP contribution in [0.15, 0.2) is 0 Å². The first-order valence-corrected chi connectivity index (χ1v) is 5.53. The highest BCUT2D eigenvalue weighted by atomic mass is 16.4. The summed E-state index contributed by atoms with van der Waals surface area (Å²) in [7, 11) is 0. The monoisotopic (exact) mass is 257 g/mol. The van der Waals surface area contributed by atoms with Crippen LogP contribution in [-0.2, 0) is 14.4 Å². The van der Waals surface area contributed by atoms with Gasteiger partial charge in [0.25, 0.3) is 5.91 Å². The fraction of sp³-hybridized carbons (Fsp3) is 0.600. The van der Waals surface area contributed by atoms with Crippen LogP contribution in [-0.4, -0.2) is 64.9 Å². The standard InChI is InChI=1S/C10H15N3O5/c1-2-12(4-3-9(16)17)8(15)6-13-7(14)5-11-10(13)18/h2-6H2,1H3,(H,11,18)(H,16,17). The van der Waals surface area contributed by atoms with E-state index in [1.165, 1.54) is 4.90 Å². The van der Waals surface area contributed by atoms with E-state index in [2.05, 4.69) is 5.32 Å². The first-order valence-electron chi connectivity index (χ1n) is 5.53. The van der Waals surface area contributed by atoms with Crippen LogP contribution in [0, 0.1) is 0 Å². The van der Waals surface area contributed by atoms with Crippen LogP contribution >= 0.6 is 0 Å². The number of imide groups is 1. The van der Waals surface area contributed by atoms with E-state index < -0.39 is 23.8 Å². The summed E-state index contributed by atoms with van der Waals surface area (Å²) in [5.74, 6) is -1.90. The zero-order valence-electron chi connectivity index (χ0n) is 10.0. The summed E-state index contributed by atoms with van der Waals surface area (Å²) in [5, 5.41) is 10.8. The van der Waals surface area contributed by atoms with Crippen LogP contribution in [0.4, 0.5) is 4.79 Å². The van der Waals surface area contributed by atoms with Gasteiger partial charge >= 0.3 is 12.0 Å². The van der Waals surface area contributed by atoms with Gasteiger partial charge in [-0.1, -0.05) is 0 Å². The van der Waals surface area contributed by atoms with Crippen molar-refractivity contribution < 1.29 is 24.3 Å². The lowest BCUT2D eigenvalue weighted by Gasteiger charge is -2.22. The Morgan fingerprint density at radius 1 is 1.44 bits per heavy atom. The van der Waals surface area contributed by atoms with Gasteiger partial charge in [0.05, 0.1) is 13.0 Å². The molecule has 0 aromatic carbocycles. The van der Waals surface area contributed by atoms with Gasteiger partial charge in [-0.3, -0.25) is 19.3 Å². The van der Waals surface area contributed by atoms with Crippen molar-refractivity contribution in [1.82, 2.24) is 15.1 Å². The second-order valence-corrected chi connectivity index (χ2v) is 3.76. The number of carboxylic acid groups (broad SMARTS) is 1. The van der Waals surface area contributed by atoms with Gasteiger partial charge in [-0.25, -0.2) is 4.79 Å². The van der Waals surface area contributed by atoms with Gasteiger partial charge in [-0.15, -0.1) is 0 Å². The molecule has 0 spiro atoms. The Bertz CT molecular complexity index is 366. The van der Waals surface area contributed by atoms with Crippen LogP contribution in [0.1, 0.15) is 13.3 Å². The summed E-state index contributed by atoms with van der Waals surface area (Å²) >= 11 is 0. The third-order valence-electron chi connectivity index (χ3n) is 2.56. The maximum atomic E-state index is 11.8. The Hall–Kier alpha value is -2.12. The number of carbonyl (C=O) groups is 4. The van der Waals surface area contributed by atoms with Crippen molar-refractivity contribution in [2.24, 2.45) is 0 Å². The Labute approximate surface area is 104 Å². The van der Waals surface area contributed by atoms with E-state index in [-0.39, 0.29) is 26.1 Å². The summed E-state index contributed by atoms with van der Waals surface area (Å²) in [5.41, 5.74) is 0. The number of carbonyl (C=O) groups excluding carboxylic acids is 3. The number of nitrogens with zero attached hydrogens (tertiary/aromatic N) is 2. The third-order valence-corrected chi connectivity index (χ3v) is 2.56. The van der Waals surface area contributed by atoms with E-state index in [9.17, 15) is 19.2 Å². The van der Waals surface area contributed by atoms with Gasteiger partial charge in [-0.2, -0.15) is 0 Å². The number of urea groups is 1. The second kappa shape index (κ2) is 5.99. The number of hydrogen-bond acceptors (Lipinski definition) is 4. The summed E-state index contributed by atoms with van der Waals surface area (Å²) in [6, 6.07) is -0.595. The summed E-state index contributed by atoms with van der Waals surface area (Å²) in [6.45, 7) is 1.64. The number of likely N-dealkylation sites (N-methyl/N-ethyl adjacent to an activating group) is 1. The highest BCUT2D eigenvalue weighted by Gasteiger charge is 2.31. The summed E-state index contributed by atoms with van der Waals surface area (Å²) in [4.78, 5) is 46.8. The largest absolute Gasteiger partial charge is 0.481 e. The molecule has 0 aliphatic carbocycles. The topological polar surface area (TPSA) is 107 Å². The minimum atomic E-state index is -1.00. The van der Waals surface area contributed by atoms with Crippen LogP contribution in [0.5, 0.6) is 0 Å². The van der Waals surface area contributed by atoms with Crippen molar-refractivity contribution in [3.63, 3.8) is 0 Å². The van der Waals surface area contributed by atoms with Crippen LogP contribution in [0.3, 0.4) is 0 Å². The smallest absolute Gasteiger partial charge is 0.325 e. The van der Waals surface area contributed by atoms with Gasteiger partial charge in [0.2, 0.25) is 5.91 Å². The molecule has 0 atom stereocenters. The lowest BCUT2D eigenvalue weighted by molar-refractivity contribution is -0.140. The van der Waals surface area contributed by atoms with Crippen LogP contribution < -0.4 is 5.32 Å². The fourth-order valence-corrected chi connectivity index (χ4v) is 1.54. The lowest BCUT2D eigenvalue weighted by atomic mass is 10.3. The van der Waals surface area contributed by atoms with E-state index in [0.717, 1.165) is 4.90 Å². The lowest BCUT2D eigenvalue weighted by Crippen LogP contribution is -2.43. The highest BCUT2D eigenvalue weighted by molar-refractivity contribution is 6.04. The Balaban J connectivity index is 2.54. The molecule has 8 nitrogen and oxygen atoms in total. The maximum Gasteiger partial charge on any atom is 0.325 e. The molecule has 1 fully saturated rings. The molecule has 1 aliphatic rings. The molecule has 0 radical (unpaired) electrons. The average Bonchev–Trinajstić information content (AvgIpc) is 2.61. The van der Waals surface area contributed by atoms with Crippen molar-refractivity contribution in [2.45, 2.75) is 13.3 Å². The number of amides is 4. The van der Waals surface area contributed by atoms with Crippen LogP contribution in [0.2, 0.25) is 0 Å². The minimum Gasteiger partial charge on any atom is -0.481 e. The fourth-order valence-electron chi connectivity index (χ4n) is 1.54. The zero-order valence-corrected chi connectivity index (χ0v) is 10.0. The Kier molecular flexibility index (Phi) is 4.64. The molecule has 1 saturated heterocycles. The molecule has 0 unspecified atom stereocenters. The molecular formula is C10H15N3O5. The molecule has 0 aromatic rings. The molecule has 100 valence electrons. The quantitative estimate of drug-likeness (QED) is 0.585. The molecule has 1 aliphatic heterocycles. The molecule has 18 heavy (non-hydrogen) atoms. The van der Waals surface area contributed by atoms with Gasteiger partial charge in [0.1, 0.15) is 6.54 Å². The molecule has 8 heteroatoms. The number of hydrogen-bond donors (Lipinski definition) is 2. The Morgan fingerprint density at radius 3 is 2.56 bits per heavy atom. The zero-order chi connectivity index (χ0) is 13.7. The van der Waals surface area contributed by atoms with Crippen molar-refractivity contribution in [3.05, 3.63) is 0 Å². The first-order chi connectivity index (χ1) is 8.45. The van der Waals surface area contributed by atoms with E-state index in [1.54, 1.807) is 6.92 Å². The van der Waals surface area contributed by atoms with Gasteiger partial charge < -0.3 is 15.3 Å². The van der Waals surface area contributed by atoms with Gasteiger partial charge in [-0.05, 0) is 6.92 Å². The molecule has 0 bridgehead atoms. The molecule has 0 aromatic heterocycles. The SMILES string of the molecule is CCN(CCC(=O)O)C(=O)CN1C(=O)CNC1=O. The van der Waals surface area contributed by atoms with Gasteiger partial charge in [0.15, 0.2) is 0 Å². The second-order valence-electron chi connectivity index (χ2n) is 3.76. The normalized spacial score (nSPS) is 14.6. The van der Waals surface area contributed by atoms with Crippen molar-refractivity contribution in [1.29, 1.82) is 0 Å². The third kappa shape index (κ3) is 3.44. The predicted octanol–water partition coefficient (Wildman–Crippen LogP) is -1.14. The number of rotatable bonds is 6. The molecule has 2 N–H and O–H groups in total. The Morgan fingerprint density at radius 2 is 2.11 bits per heavy atom. The molecule has 0 saturated carbocycles. The van der Waals surface area contributed by atoms with Crippen molar-refractivity contribution in [3.8, 4) is 0 Å². The predicted molar refractivity (Wildman–Crippen MR) is 59.6 cm³/mol. The minimum absolute atomic E-state index is 0.0638. The number of aliphatic carboxylic acids is 1. The molecular weight excluding hydrogens is 242 g/mol. The van der Waals surface area contributed by atoms with Gasteiger partial charge in [0, 0.05) is 13.1 Å². The summed E-state index contributed by atoms with van der Waals surface area (Å²) < 4.78 is 0.